The number of aliphatic imine (C=N–C) groups is 1. The van der Waals surface area contributed by atoms with Crippen molar-refractivity contribution in [2.45, 2.75) is 26.8 Å². The number of guanidine groups is 1. The van der Waals surface area contributed by atoms with Gasteiger partial charge in [-0.15, -0.1) is 11.3 Å². The van der Waals surface area contributed by atoms with Crippen LogP contribution in [0, 0.1) is 6.92 Å². The highest BCUT2D eigenvalue weighted by Crippen LogP contribution is 2.11. The van der Waals surface area contributed by atoms with Crippen molar-refractivity contribution in [3.63, 3.8) is 0 Å². The van der Waals surface area contributed by atoms with Gasteiger partial charge in [-0.3, -0.25) is 0 Å². The molecule has 2 N–H and O–H groups in total. The summed E-state index contributed by atoms with van der Waals surface area (Å²) >= 11 is 1.74. The highest BCUT2D eigenvalue weighted by molar-refractivity contribution is 7.11. The van der Waals surface area contributed by atoms with Crippen molar-refractivity contribution >= 4 is 17.3 Å². The first-order valence-electron chi connectivity index (χ1n) is 8.77. The number of nitrogens with zero attached hydrogens (tertiary/aromatic N) is 4. The monoisotopic (exact) mass is 368 g/mol. The molecule has 0 radical (unpaired) electrons. The van der Waals surface area contributed by atoms with Crippen molar-refractivity contribution in [2.75, 3.05) is 13.1 Å². The van der Waals surface area contributed by atoms with E-state index in [1.54, 1.807) is 11.3 Å². The molecule has 7 heteroatoms. The minimum Gasteiger partial charge on any atom is -0.357 e. The molecule has 136 valence electrons. The molecule has 2 heterocycles. The van der Waals surface area contributed by atoms with Gasteiger partial charge in [0.2, 0.25) is 0 Å². The molecular formula is C19H24N6S. The van der Waals surface area contributed by atoms with E-state index in [0.717, 1.165) is 41.7 Å². The molecule has 0 amide bonds. The van der Waals surface area contributed by atoms with Gasteiger partial charge in [-0.1, -0.05) is 18.2 Å². The molecule has 0 saturated heterocycles. The van der Waals surface area contributed by atoms with Crippen molar-refractivity contribution in [1.29, 1.82) is 0 Å². The van der Waals surface area contributed by atoms with Crippen LogP contribution in [-0.2, 0) is 13.0 Å². The Morgan fingerprint density at radius 3 is 2.77 bits per heavy atom. The summed E-state index contributed by atoms with van der Waals surface area (Å²) in [5.41, 5.74) is 2.12. The number of hydrogen-bond acceptors (Lipinski definition) is 4. The molecular weight excluding hydrogens is 344 g/mol. The first-order chi connectivity index (χ1) is 12.7. The second-order valence-corrected chi connectivity index (χ2v) is 7.18. The number of para-hydroxylation sites is 1. The van der Waals surface area contributed by atoms with Gasteiger partial charge < -0.3 is 10.6 Å². The van der Waals surface area contributed by atoms with Crippen LogP contribution in [0.15, 0.2) is 53.9 Å². The largest absolute Gasteiger partial charge is 0.357 e. The van der Waals surface area contributed by atoms with Gasteiger partial charge in [-0.2, -0.15) is 5.10 Å². The second kappa shape index (κ2) is 9.15. The number of benzene rings is 1. The first-order valence-corrected chi connectivity index (χ1v) is 9.58. The summed E-state index contributed by atoms with van der Waals surface area (Å²) in [6, 6.07) is 10.1. The Labute approximate surface area is 158 Å². The van der Waals surface area contributed by atoms with Gasteiger partial charge in [-0.25, -0.2) is 14.7 Å². The van der Waals surface area contributed by atoms with Gasteiger partial charge in [0, 0.05) is 42.3 Å². The second-order valence-electron chi connectivity index (χ2n) is 5.87. The predicted octanol–water partition coefficient (Wildman–Crippen LogP) is 2.94. The molecule has 26 heavy (non-hydrogen) atoms. The summed E-state index contributed by atoms with van der Waals surface area (Å²) in [7, 11) is 0. The molecule has 2 aromatic heterocycles. The molecule has 0 atom stereocenters. The third kappa shape index (κ3) is 5.16. The van der Waals surface area contributed by atoms with E-state index in [1.165, 1.54) is 4.88 Å². The first kappa shape index (κ1) is 18.1. The van der Waals surface area contributed by atoms with Crippen LogP contribution in [0.2, 0.25) is 0 Å². The van der Waals surface area contributed by atoms with Crippen LogP contribution >= 0.6 is 11.3 Å². The lowest BCUT2D eigenvalue weighted by Gasteiger charge is -2.10. The molecule has 3 rings (SSSR count). The lowest BCUT2D eigenvalue weighted by molar-refractivity contribution is 0.796. The molecule has 6 nitrogen and oxygen atoms in total. The Balaban J connectivity index is 1.56. The van der Waals surface area contributed by atoms with Crippen molar-refractivity contribution in [1.82, 2.24) is 25.4 Å². The maximum atomic E-state index is 4.65. The van der Waals surface area contributed by atoms with Crippen molar-refractivity contribution in [3.8, 4) is 5.69 Å². The number of aromatic nitrogens is 3. The van der Waals surface area contributed by atoms with Crippen LogP contribution in [0.25, 0.3) is 5.69 Å². The van der Waals surface area contributed by atoms with E-state index in [4.69, 9.17) is 0 Å². The summed E-state index contributed by atoms with van der Waals surface area (Å²) in [4.78, 5) is 10.3. The molecule has 0 spiro atoms. The van der Waals surface area contributed by atoms with Crippen LogP contribution in [0.3, 0.4) is 0 Å². The zero-order chi connectivity index (χ0) is 18.2. The smallest absolute Gasteiger partial charge is 0.191 e. The fourth-order valence-corrected chi connectivity index (χ4v) is 3.27. The van der Waals surface area contributed by atoms with E-state index in [0.29, 0.717) is 6.54 Å². The summed E-state index contributed by atoms with van der Waals surface area (Å²) < 4.78 is 1.87. The van der Waals surface area contributed by atoms with Crippen LogP contribution in [0.1, 0.15) is 22.4 Å². The van der Waals surface area contributed by atoms with Gasteiger partial charge in [0.25, 0.3) is 0 Å². The van der Waals surface area contributed by atoms with Crippen LogP contribution < -0.4 is 10.6 Å². The fraction of sp³-hybridized carbons (Fsp3) is 0.316. The highest BCUT2D eigenvalue weighted by atomic mass is 32.1. The SMILES string of the molecule is CCNC(=NCc1cnn(-c2ccccc2)c1)NCCc1ncc(C)s1. The van der Waals surface area contributed by atoms with Crippen LogP contribution in [0.4, 0.5) is 0 Å². The average molecular weight is 369 g/mol. The number of aryl methyl sites for hydroxylation is 1. The topological polar surface area (TPSA) is 67.1 Å². The number of hydrogen-bond donors (Lipinski definition) is 2. The van der Waals surface area contributed by atoms with E-state index >= 15 is 0 Å². The standard InChI is InChI=1S/C19H24N6S/c1-3-20-19(21-10-9-18-22-11-15(2)26-18)23-12-16-13-24-25(14-16)17-7-5-4-6-8-17/h4-8,11,13-14H,3,9-10,12H2,1-2H3,(H2,20,21,23). The summed E-state index contributed by atoms with van der Waals surface area (Å²) in [5.74, 6) is 0.813. The fourth-order valence-electron chi connectivity index (χ4n) is 2.48. The molecule has 0 aliphatic heterocycles. The molecule has 0 aliphatic rings. The third-order valence-corrected chi connectivity index (χ3v) is 4.69. The minimum atomic E-state index is 0.582. The minimum absolute atomic E-state index is 0.582. The zero-order valence-electron chi connectivity index (χ0n) is 15.1. The summed E-state index contributed by atoms with van der Waals surface area (Å²) in [5, 5.41) is 12.2. The third-order valence-electron chi connectivity index (χ3n) is 3.72. The Hall–Kier alpha value is -2.67. The lowest BCUT2D eigenvalue weighted by Crippen LogP contribution is -2.38. The molecule has 0 saturated carbocycles. The van der Waals surface area contributed by atoms with E-state index < -0.39 is 0 Å². The van der Waals surface area contributed by atoms with Gasteiger partial charge in [0.1, 0.15) is 0 Å². The van der Waals surface area contributed by atoms with Crippen LogP contribution in [-0.4, -0.2) is 33.8 Å². The number of thiazole rings is 1. The van der Waals surface area contributed by atoms with Gasteiger partial charge in [0.15, 0.2) is 5.96 Å². The molecule has 1 aromatic carbocycles. The lowest BCUT2D eigenvalue weighted by atomic mass is 10.3. The molecule has 3 aromatic rings. The molecule has 0 fully saturated rings. The van der Waals surface area contributed by atoms with E-state index in [2.05, 4.69) is 39.6 Å². The predicted molar refractivity (Wildman–Crippen MR) is 107 cm³/mol. The van der Waals surface area contributed by atoms with Crippen molar-refractivity contribution in [2.24, 2.45) is 4.99 Å². The average Bonchev–Trinajstić information content (AvgIpc) is 3.29. The maximum Gasteiger partial charge on any atom is 0.191 e. The zero-order valence-corrected chi connectivity index (χ0v) is 16.0. The molecule has 0 unspecified atom stereocenters. The maximum absolute atomic E-state index is 4.65. The Morgan fingerprint density at radius 1 is 1.19 bits per heavy atom. The normalized spacial score (nSPS) is 11.5. The Morgan fingerprint density at radius 2 is 2.04 bits per heavy atom. The Kier molecular flexibility index (Phi) is 6.38. The quantitative estimate of drug-likeness (QED) is 0.497. The van der Waals surface area contributed by atoms with Gasteiger partial charge in [-0.05, 0) is 26.0 Å². The van der Waals surface area contributed by atoms with Gasteiger partial charge in [0.05, 0.1) is 23.4 Å². The molecule has 0 aliphatic carbocycles. The van der Waals surface area contributed by atoms with E-state index in [-0.39, 0.29) is 0 Å². The van der Waals surface area contributed by atoms with Crippen molar-refractivity contribution < 1.29 is 0 Å². The number of nitrogens with one attached hydrogen (secondary N) is 2. The van der Waals surface area contributed by atoms with E-state index in [9.17, 15) is 0 Å². The Bertz CT molecular complexity index is 837. The summed E-state index contributed by atoms with van der Waals surface area (Å²) in [6.45, 7) is 6.36. The van der Waals surface area contributed by atoms with E-state index in [1.807, 2.05) is 53.6 Å². The number of rotatable bonds is 7. The highest BCUT2D eigenvalue weighted by Gasteiger charge is 2.03. The van der Waals surface area contributed by atoms with Gasteiger partial charge >= 0.3 is 0 Å². The molecule has 0 bridgehead atoms. The summed E-state index contributed by atoms with van der Waals surface area (Å²) in [6.07, 6.45) is 6.69. The van der Waals surface area contributed by atoms with Crippen molar-refractivity contribution in [3.05, 3.63) is 64.4 Å². The van der Waals surface area contributed by atoms with Crippen LogP contribution in [0.5, 0.6) is 0 Å².